The number of aryl methyl sites for hydroxylation is 1. The van der Waals surface area contributed by atoms with Crippen molar-refractivity contribution in [2.75, 3.05) is 0 Å². The number of nitrogens with two attached hydrogens (primary N) is 1. The molecule has 3 nitrogen and oxygen atoms in total. The second-order valence-corrected chi connectivity index (χ2v) is 4.03. The van der Waals surface area contributed by atoms with Crippen LogP contribution >= 0.6 is 0 Å². The molecule has 0 amide bonds. The molecule has 2 rings (SSSR count). The summed E-state index contributed by atoms with van der Waals surface area (Å²) in [4.78, 5) is 0. The van der Waals surface area contributed by atoms with Crippen LogP contribution in [0.5, 0.6) is 11.5 Å². The second kappa shape index (κ2) is 2.89. The SMILES string of the molecule is Cc1cc2c(cc1CN)OC(C)(C)O2. The predicted molar refractivity (Wildman–Crippen MR) is 54.4 cm³/mol. The van der Waals surface area contributed by atoms with E-state index < -0.39 is 5.79 Å². The highest BCUT2D eigenvalue weighted by Crippen LogP contribution is 2.40. The fourth-order valence-corrected chi connectivity index (χ4v) is 1.63. The molecule has 2 N–H and O–H groups in total. The zero-order valence-corrected chi connectivity index (χ0v) is 8.76. The van der Waals surface area contributed by atoms with Crippen molar-refractivity contribution in [3.05, 3.63) is 23.3 Å². The van der Waals surface area contributed by atoms with Gasteiger partial charge in [-0.25, -0.2) is 0 Å². The van der Waals surface area contributed by atoms with Gasteiger partial charge in [0.15, 0.2) is 11.5 Å². The summed E-state index contributed by atoms with van der Waals surface area (Å²) in [7, 11) is 0. The minimum atomic E-state index is -0.554. The van der Waals surface area contributed by atoms with Gasteiger partial charge in [0.25, 0.3) is 0 Å². The van der Waals surface area contributed by atoms with Crippen molar-refractivity contribution in [1.82, 2.24) is 0 Å². The first kappa shape index (κ1) is 9.34. The van der Waals surface area contributed by atoms with E-state index in [9.17, 15) is 0 Å². The van der Waals surface area contributed by atoms with Gasteiger partial charge in [-0.05, 0) is 30.2 Å². The molecule has 76 valence electrons. The maximum atomic E-state index is 5.62. The molecule has 1 aromatic rings. The maximum Gasteiger partial charge on any atom is 0.246 e. The smallest absolute Gasteiger partial charge is 0.246 e. The van der Waals surface area contributed by atoms with Gasteiger partial charge in [-0.2, -0.15) is 0 Å². The van der Waals surface area contributed by atoms with Crippen LogP contribution in [0.4, 0.5) is 0 Å². The van der Waals surface area contributed by atoms with Crippen molar-refractivity contribution in [2.24, 2.45) is 5.73 Å². The van der Waals surface area contributed by atoms with E-state index in [2.05, 4.69) is 0 Å². The molecule has 0 aromatic heterocycles. The average molecular weight is 193 g/mol. The highest BCUT2D eigenvalue weighted by Gasteiger charge is 2.31. The lowest BCUT2D eigenvalue weighted by Gasteiger charge is -2.16. The molecule has 0 aliphatic carbocycles. The van der Waals surface area contributed by atoms with Gasteiger partial charge in [0.1, 0.15) is 0 Å². The summed E-state index contributed by atoms with van der Waals surface area (Å²) in [5.41, 5.74) is 7.86. The molecule has 0 bridgehead atoms. The Labute approximate surface area is 83.8 Å². The third kappa shape index (κ3) is 1.44. The fourth-order valence-electron chi connectivity index (χ4n) is 1.63. The summed E-state index contributed by atoms with van der Waals surface area (Å²) >= 11 is 0. The van der Waals surface area contributed by atoms with Crippen LogP contribution in [0.1, 0.15) is 25.0 Å². The summed E-state index contributed by atoms with van der Waals surface area (Å²) in [6.07, 6.45) is 0. The van der Waals surface area contributed by atoms with E-state index >= 15 is 0 Å². The molecule has 1 aliphatic rings. The molecular weight excluding hydrogens is 178 g/mol. The minimum absolute atomic E-state index is 0.531. The molecule has 0 saturated carbocycles. The monoisotopic (exact) mass is 193 g/mol. The summed E-state index contributed by atoms with van der Waals surface area (Å²) < 4.78 is 11.2. The standard InChI is InChI=1S/C11H15NO2/c1-7-4-9-10(5-8(7)6-12)14-11(2,3)13-9/h4-5H,6,12H2,1-3H3. The second-order valence-electron chi connectivity index (χ2n) is 4.03. The van der Waals surface area contributed by atoms with E-state index in [0.717, 1.165) is 22.6 Å². The molecule has 0 spiro atoms. The highest BCUT2D eigenvalue weighted by molar-refractivity contribution is 5.49. The number of hydrogen-bond acceptors (Lipinski definition) is 3. The number of hydrogen-bond donors (Lipinski definition) is 1. The van der Waals surface area contributed by atoms with Crippen LogP contribution < -0.4 is 15.2 Å². The number of ether oxygens (including phenoxy) is 2. The Morgan fingerprint density at radius 2 is 1.79 bits per heavy atom. The quantitative estimate of drug-likeness (QED) is 0.741. The van der Waals surface area contributed by atoms with Crippen LogP contribution in [0.2, 0.25) is 0 Å². The molecule has 14 heavy (non-hydrogen) atoms. The normalized spacial score (nSPS) is 17.1. The van der Waals surface area contributed by atoms with E-state index in [1.807, 2.05) is 32.9 Å². The number of rotatable bonds is 1. The summed E-state index contributed by atoms with van der Waals surface area (Å²) in [5.74, 6) is 1.05. The van der Waals surface area contributed by atoms with E-state index in [-0.39, 0.29) is 0 Å². The highest BCUT2D eigenvalue weighted by atomic mass is 16.7. The van der Waals surface area contributed by atoms with E-state index in [4.69, 9.17) is 15.2 Å². The molecule has 0 radical (unpaired) electrons. The Balaban J connectivity index is 2.44. The van der Waals surface area contributed by atoms with Crippen molar-refractivity contribution in [1.29, 1.82) is 0 Å². The molecule has 3 heteroatoms. The van der Waals surface area contributed by atoms with E-state index in [1.165, 1.54) is 0 Å². The van der Waals surface area contributed by atoms with Crippen LogP contribution in [0.15, 0.2) is 12.1 Å². The largest absolute Gasteiger partial charge is 0.449 e. The van der Waals surface area contributed by atoms with Gasteiger partial charge < -0.3 is 15.2 Å². The molecular formula is C11H15NO2. The number of benzene rings is 1. The van der Waals surface area contributed by atoms with Gasteiger partial charge in [-0.3, -0.25) is 0 Å². The fraction of sp³-hybridized carbons (Fsp3) is 0.455. The average Bonchev–Trinajstić information content (AvgIpc) is 2.36. The Kier molecular flexibility index (Phi) is 1.93. The third-order valence-electron chi connectivity index (χ3n) is 2.33. The molecule has 0 saturated heterocycles. The number of fused-ring (bicyclic) bond motifs is 1. The van der Waals surface area contributed by atoms with Gasteiger partial charge in [-0.1, -0.05) is 0 Å². The Morgan fingerprint density at radius 1 is 1.21 bits per heavy atom. The van der Waals surface area contributed by atoms with Crippen LogP contribution in [-0.4, -0.2) is 5.79 Å². The third-order valence-corrected chi connectivity index (χ3v) is 2.33. The van der Waals surface area contributed by atoms with Crippen LogP contribution in [0.3, 0.4) is 0 Å². The topological polar surface area (TPSA) is 44.5 Å². The first-order valence-corrected chi connectivity index (χ1v) is 4.73. The summed E-state index contributed by atoms with van der Waals surface area (Å²) in [6.45, 7) is 6.34. The first-order chi connectivity index (χ1) is 6.52. The molecule has 1 heterocycles. The van der Waals surface area contributed by atoms with Gasteiger partial charge in [0.05, 0.1) is 0 Å². The van der Waals surface area contributed by atoms with Crippen molar-refractivity contribution < 1.29 is 9.47 Å². The zero-order chi connectivity index (χ0) is 10.3. The molecule has 0 fully saturated rings. The van der Waals surface area contributed by atoms with Gasteiger partial charge >= 0.3 is 0 Å². The molecule has 1 aromatic carbocycles. The van der Waals surface area contributed by atoms with Crippen molar-refractivity contribution in [3.63, 3.8) is 0 Å². The van der Waals surface area contributed by atoms with Crippen molar-refractivity contribution in [3.8, 4) is 11.5 Å². The Bertz CT molecular complexity index is 372. The van der Waals surface area contributed by atoms with Gasteiger partial charge in [0.2, 0.25) is 5.79 Å². The Hall–Kier alpha value is -1.22. The van der Waals surface area contributed by atoms with Crippen molar-refractivity contribution in [2.45, 2.75) is 33.1 Å². The Morgan fingerprint density at radius 3 is 2.36 bits per heavy atom. The first-order valence-electron chi connectivity index (χ1n) is 4.73. The summed E-state index contributed by atoms with van der Waals surface area (Å²) in [5, 5.41) is 0. The van der Waals surface area contributed by atoms with Crippen LogP contribution in [0, 0.1) is 6.92 Å². The van der Waals surface area contributed by atoms with Crippen LogP contribution in [0.25, 0.3) is 0 Å². The van der Waals surface area contributed by atoms with E-state index in [0.29, 0.717) is 6.54 Å². The molecule has 1 aliphatic heterocycles. The lowest BCUT2D eigenvalue weighted by molar-refractivity contribution is -0.0431. The molecule has 0 unspecified atom stereocenters. The lowest BCUT2D eigenvalue weighted by Crippen LogP contribution is -2.29. The van der Waals surface area contributed by atoms with Crippen molar-refractivity contribution >= 4 is 0 Å². The minimum Gasteiger partial charge on any atom is -0.449 e. The lowest BCUT2D eigenvalue weighted by atomic mass is 10.1. The molecule has 0 atom stereocenters. The van der Waals surface area contributed by atoms with Crippen LogP contribution in [-0.2, 0) is 6.54 Å². The van der Waals surface area contributed by atoms with E-state index in [1.54, 1.807) is 0 Å². The predicted octanol–water partition coefficient (Wildman–Crippen LogP) is 1.96. The van der Waals surface area contributed by atoms with Gasteiger partial charge in [0, 0.05) is 20.4 Å². The summed E-state index contributed by atoms with van der Waals surface area (Å²) in [6, 6.07) is 3.94. The maximum absolute atomic E-state index is 5.62. The zero-order valence-electron chi connectivity index (χ0n) is 8.76. The van der Waals surface area contributed by atoms with Gasteiger partial charge in [-0.15, -0.1) is 0 Å².